The van der Waals surface area contributed by atoms with E-state index in [0.717, 1.165) is 17.3 Å². The molecule has 306 valence electrons. The zero-order chi connectivity index (χ0) is 42.6. The molecule has 0 amide bonds. The number of thiophene rings is 1. The molecule has 4 aromatic heterocycles. The second-order valence-corrected chi connectivity index (χ2v) is 20.1. The van der Waals surface area contributed by atoms with Crippen LogP contribution in [0.15, 0.2) is 86.0 Å². The van der Waals surface area contributed by atoms with Crippen molar-refractivity contribution in [3.8, 4) is 0 Å². The van der Waals surface area contributed by atoms with Gasteiger partial charge in [0.25, 0.3) is 0 Å². The van der Waals surface area contributed by atoms with Crippen LogP contribution in [0.5, 0.6) is 0 Å². The summed E-state index contributed by atoms with van der Waals surface area (Å²) in [5, 5.41) is 19.0. The molecule has 0 bridgehead atoms. The predicted octanol–water partition coefficient (Wildman–Crippen LogP) is 14.3. The van der Waals surface area contributed by atoms with Crippen LogP contribution < -0.4 is 0 Å². The number of furan rings is 3. The number of hydrogen-bond acceptors (Lipinski definition) is 7. The minimum absolute atomic E-state index is 0.0178. The first-order chi connectivity index (χ1) is 25.0. The summed E-state index contributed by atoms with van der Waals surface area (Å²) in [7, 11) is 0. The second-order valence-electron chi connectivity index (χ2n) is 19.0. The van der Waals surface area contributed by atoms with E-state index in [2.05, 4.69) is 133 Å². The summed E-state index contributed by atoms with van der Waals surface area (Å²) in [6, 6.07) is 24.0. The molecule has 0 saturated carbocycles. The highest BCUT2D eigenvalue weighted by atomic mass is 32.1. The molecule has 4 heterocycles. The standard InChI is InChI=1S/C11H16.C10H16S.C9H14O2.C9H14O.C8H11NO3/c1-9-6-5-7-10(8-9)11(2,3)4;1-5-8-6-7-9(11-8)10(2,3)4;1-9(2,3)8-5-4-7(6-10)11-8;1-7-5-6-8(10-7)9(2,3)4;1-8(2,3)6-4-5-7(12-6)9(10)11/h5-8H,1-4H3;6-7H,5H2,1-4H3;4-5,10H,6H2,1-3H3;5-6H,1-4H3;4-5H,1-3H3. The molecule has 5 rings (SSSR count). The molecule has 8 heteroatoms. The minimum atomic E-state index is -0.532. The van der Waals surface area contributed by atoms with E-state index in [9.17, 15) is 10.1 Å². The lowest BCUT2D eigenvalue weighted by molar-refractivity contribution is -0.402. The first-order valence-electron chi connectivity index (χ1n) is 19.2. The number of aliphatic hydroxyl groups excluding tert-OH is 1. The fourth-order valence-corrected chi connectivity index (χ4v) is 5.62. The normalized spacial score (nSPS) is 11.8. The van der Waals surface area contributed by atoms with Crippen LogP contribution in [-0.2, 0) is 40.1 Å². The summed E-state index contributed by atoms with van der Waals surface area (Å²) >= 11 is 1.94. The smallest absolute Gasteiger partial charge is 0.433 e. The Balaban J connectivity index is 0.000000344. The maximum atomic E-state index is 10.3. The highest BCUT2D eigenvalue weighted by Gasteiger charge is 2.22. The van der Waals surface area contributed by atoms with Crippen molar-refractivity contribution in [2.24, 2.45) is 0 Å². The molecule has 0 radical (unpaired) electrons. The first kappa shape index (κ1) is 49.1. The van der Waals surface area contributed by atoms with E-state index in [-0.39, 0.29) is 34.2 Å². The number of nitrogens with zero attached hydrogens (tertiary/aromatic N) is 1. The minimum Gasteiger partial charge on any atom is -0.466 e. The lowest BCUT2D eigenvalue weighted by atomic mass is 9.86. The summed E-state index contributed by atoms with van der Waals surface area (Å²) in [6.07, 6.45) is 1.17. The first-order valence-corrected chi connectivity index (χ1v) is 20.0. The summed E-state index contributed by atoms with van der Waals surface area (Å²) in [5.74, 6) is 4.04. The topological polar surface area (TPSA) is 103 Å². The molecule has 0 aliphatic heterocycles. The Labute approximate surface area is 336 Å². The largest absolute Gasteiger partial charge is 0.466 e. The number of benzene rings is 1. The highest BCUT2D eigenvalue weighted by molar-refractivity contribution is 7.12. The molecule has 55 heavy (non-hydrogen) atoms. The monoisotopic (exact) mass is 778 g/mol. The van der Waals surface area contributed by atoms with Crippen molar-refractivity contribution in [1.82, 2.24) is 0 Å². The Kier molecular flexibility index (Phi) is 18.2. The van der Waals surface area contributed by atoms with Crippen molar-refractivity contribution in [2.75, 3.05) is 0 Å². The van der Waals surface area contributed by atoms with E-state index in [1.54, 1.807) is 12.1 Å². The summed E-state index contributed by atoms with van der Waals surface area (Å²) in [5.41, 5.74) is 3.38. The third-order valence-electron chi connectivity index (χ3n) is 8.18. The van der Waals surface area contributed by atoms with Crippen molar-refractivity contribution in [3.63, 3.8) is 0 Å². The van der Waals surface area contributed by atoms with Gasteiger partial charge in [0.2, 0.25) is 0 Å². The molecule has 5 aromatic rings. The van der Waals surface area contributed by atoms with Crippen LogP contribution >= 0.6 is 11.3 Å². The van der Waals surface area contributed by atoms with Gasteiger partial charge in [-0.25, -0.2) is 0 Å². The predicted molar refractivity (Wildman–Crippen MR) is 232 cm³/mol. The Morgan fingerprint density at radius 2 is 1.13 bits per heavy atom. The summed E-state index contributed by atoms with van der Waals surface area (Å²) in [6.45, 7) is 38.3. The van der Waals surface area contributed by atoms with E-state index < -0.39 is 4.92 Å². The van der Waals surface area contributed by atoms with Gasteiger partial charge >= 0.3 is 5.88 Å². The third-order valence-corrected chi connectivity index (χ3v) is 9.84. The molecule has 0 unspecified atom stereocenters. The number of rotatable bonds is 3. The summed E-state index contributed by atoms with van der Waals surface area (Å²) < 4.78 is 15.8. The highest BCUT2D eigenvalue weighted by Crippen LogP contribution is 2.30. The van der Waals surface area contributed by atoms with E-state index >= 15 is 0 Å². The molecule has 0 fully saturated rings. The lowest BCUT2D eigenvalue weighted by Crippen LogP contribution is -2.10. The van der Waals surface area contributed by atoms with Crippen LogP contribution in [0, 0.1) is 24.0 Å². The van der Waals surface area contributed by atoms with Crippen molar-refractivity contribution in [2.45, 2.75) is 165 Å². The van der Waals surface area contributed by atoms with Crippen LogP contribution in [0.2, 0.25) is 0 Å². The van der Waals surface area contributed by atoms with Gasteiger partial charge in [0.15, 0.2) is 0 Å². The Morgan fingerprint density at radius 3 is 1.40 bits per heavy atom. The molecular formula is C47H71NO6S. The van der Waals surface area contributed by atoms with Crippen molar-refractivity contribution < 1.29 is 23.3 Å². The molecule has 1 N–H and O–H groups in total. The van der Waals surface area contributed by atoms with Crippen molar-refractivity contribution in [1.29, 1.82) is 0 Å². The Morgan fingerprint density at radius 1 is 0.618 bits per heavy atom. The molecule has 0 spiro atoms. The van der Waals surface area contributed by atoms with Gasteiger partial charge < -0.3 is 18.4 Å². The zero-order valence-electron chi connectivity index (χ0n) is 37.2. The zero-order valence-corrected chi connectivity index (χ0v) is 38.0. The van der Waals surface area contributed by atoms with Crippen LogP contribution in [0.3, 0.4) is 0 Å². The average molecular weight is 778 g/mol. The van der Waals surface area contributed by atoms with Gasteiger partial charge in [0.05, 0.1) is 6.07 Å². The van der Waals surface area contributed by atoms with Crippen LogP contribution in [0.1, 0.15) is 160 Å². The fraction of sp³-hybridized carbons (Fsp3) is 0.532. The molecule has 0 aliphatic carbocycles. The molecule has 7 nitrogen and oxygen atoms in total. The van der Waals surface area contributed by atoms with Crippen molar-refractivity contribution in [3.05, 3.63) is 133 Å². The Bertz CT molecular complexity index is 1800. The van der Waals surface area contributed by atoms with Gasteiger partial charge in [0, 0.05) is 26.0 Å². The van der Waals surface area contributed by atoms with Gasteiger partial charge in [0.1, 0.15) is 40.3 Å². The second kappa shape index (κ2) is 20.3. The van der Waals surface area contributed by atoms with E-state index in [1.165, 1.54) is 33.4 Å². The van der Waals surface area contributed by atoms with Crippen LogP contribution in [0.4, 0.5) is 5.88 Å². The Hall–Kier alpha value is -3.88. The SMILES string of the molecule is CC(C)(C)c1ccc(CO)o1.CC(C)(C)c1ccc([N+](=O)[O-])o1.CCc1ccc(C(C)(C)C)s1.Cc1ccc(C(C)(C)C)o1.Cc1cccc(C(C)(C)C)c1. The number of aliphatic hydroxyl groups is 1. The van der Waals surface area contributed by atoms with Gasteiger partial charge in [-0.05, 0) is 79.1 Å². The van der Waals surface area contributed by atoms with Gasteiger partial charge in [-0.3, -0.25) is 10.1 Å². The maximum absolute atomic E-state index is 10.3. The van der Waals surface area contributed by atoms with E-state index in [4.69, 9.17) is 18.4 Å². The molecule has 1 aromatic carbocycles. The van der Waals surface area contributed by atoms with Crippen LogP contribution in [0.25, 0.3) is 0 Å². The quantitative estimate of drug-likeness (QED) is 0.145. The lowest BCUT2D eigenvalue weighted by Gasteiger charge is -2.19. The fourth-order valence-electron chi connectivity index (χ4n) is 4.62. The van der Waals surface area contributed by atoms with E-state index in [1.807, 2.05) is 57.2 Å². The molecule has 0 atom stereocenters. The van der Waals surface area contributed by atoms with Gasteiger partial charge in [-0.2, -0.15) is 0 Å². The van der Waals surface area contributed by atoms with Gasteiger partial charge in [-0.15, -0.1) is 11.3 Å². The molecule has 0 saturated heterocycles. The van der Waals surface area contributed by atoms with Crippen molar-refractivity contribution >= 4 is 17.2 Å². The summed E-state index contributed by atoms with van der Waals surface area (Å²) in [4.78, 5) is 12.7. The number of aryl methyl sites for hydroxylation is 3. The van der Waals surface area contributed by atoms with Crippen LogP contribution in [-0.4, -0.2) is 10.0 Å². The maximum Gasteiger partial charge on any atom is 0.433 e. The number of hydrogen-bond donors (Lipinski definition) is 1. The molecule has 0 aliphatic rings. The number of nitro groups is 1. The van der Waals surface area contributed by atoms with E-state index in [0.29, 0.717) is 16.9 Å². The average Bonchev–Trinajstić information content (AvgIpc) is 3.87. The third kappa shape index (κ3) is 18.1. The van der Waals surface area contributed by atoms with Gasteiger partial charge in [-0.1, -0.05) is 141 Å². The molecular weight excluding hydrogens is 707 g/mol.